The molecule has 21 rings (SSSR count). The maximum absolute atomic E-state index is 9.87. The molecule has 10 heterocycles. The van der Waals surface area contributed by atoms with E-state index in [1.165, 1.54) is 50.4 Å². The van der Waals surface area contributed by atoms with Gasteiger partial charge in [0.25, 0.3) is 0 Å². The van der Waals surface area contributed by atoms with Crippen LogP contribution in [0.25, 0.3) is 105 Å². The SMILES string of the molecule is CC1=CN=C(c2[c-]cccc2)CC1.[2H]C([2H])([2H])C(=C)C(C)CC(=[N-])c1[c-]cccc1.[2H]C([2H])([2H])c1ccc(-c2[c-]cccc2)nc1.[2H]C([2H])[2H].[2H]C=C([N-]C([2H])C([2H])=C[2H])c1[c-]ccc2sc3ccccc3c12.[2H]c1ccncc1[2H].[2H]c1nc(-c2[c-]ccc3sc4ccccc4c23)c([2H])c([2H])c1[2H].[2H]c1nc(C(=[CH-])C2c3ccccc3SC2C=C)c([2H])c([2H])c1[2H].[Ir+3].[Ir+3].[Ir].[Ir].[c-]1ccc2c(c1)sc1ccccc12.[c-]1ccccc1.c1ccncc1. The zero-order chi connectivity index (χ0) is 110. The maximum atomic E-state index is 9.87. The fourth-order valence-electron chi connectivity index (χ4n) is 12.7. The van der Waals surface area contributed by atoms with Crippen molar-refractivity contribution in [3.05, 3.63) is 520 Å². The zero-order valence-corrected chi connectivity index (χ0v) is 84.6. The van der Waals surface area contributed by atoms with E-state index in [0.717, 1.165) is 99.3 Å². The van der Waals surface area contributed by atoms with Gasteiger partial charge in [-0.1, -0.05) is 181 Å². The Morgan fingerprint density at radius 2 is 1.23 bits per heavy atom. The van der Waals surface area contributed by atoms with Gasteiger partial charge in [-0.25, -0.2) is 17.0 Å². The molecule has 0 spiro atoms. The van der Waals surface area contributed by atoms with Crippen LogP contribution in [0.15, 0.2) is 436 Å². The van der Waals surface area contributed by atoms with Gasteiger partial charge in [0.2, 0.25) is 0 Å². The van der Waals surface area contributed by atoms with Crippen LogP contribution >= 0.6 is 45.8 Å². The third-order valence-electron chi connectivity index (χ3n) is 19.0. The topological polar surface area (TPSA) is 113 Å². The van der Waals surface area contributed by atoms with E-state index in [4.69, 9.17) is 38.1 Å². The molecular weight excluding hydrogens is 2410 g/mol. The largest absolute Gasteiger partial charge is 3.00 e. The van der Waals surface area contributed by atoms with Gasteiger partial charge in [-0.05, 0) is 160 Å². The molecule has 0 saturated heterocycles. The van der Waals surface area contributed by atoms with E-state index in [0.29, 0.717) is 28.0 Å². The predicted molar refractivity (Wildman–Crippen MR) is 556 cm³/mol. The maximum Gasteiger partial charge on any atom is 3.00 e. The number of thioether (sulfide) groups is 1. The van der Waals surface area contributed by atoms with Crippen LogP contribution < -0.4 is 0 Å². The number of thiophene rings is 3. The summed E-state index contributed by atoms with van der Waals surface area (Å²) in [5, 5.41) is 20.7. The van der Waals surface area contributed by atoms with Crippen molar-refractivity contribution in [2.24, 2.45) is 10.9 Å². The molecular formula is C117H100Ir4N8S4-4. The summed E-state index contributed by atoms with van der Waals surface area (Å²) in [7, 11) is -1.42. The van der Waals surface area contributed by atoms with Crippen LogP contribution in [0.2, 0.25) is 0 Å². The minimum Gasteiger partial charge on any atom is -0.859 e. The first-order valence-electron chi connectivity index (χ1n) is 52.2. The Hall–Kier alpha value is -11.6. The molecule has 16 heteroatoms. The van der Waals surface area contributed by atoms with Crippen molar-refractivity contribution < 1.29 is 112 Å². The molecule has 11 aromatic carbocycles. The minimum atomic E-state index is -2.17. The van der Waals surface area contributed by atoms with Gasteiger partial charge in [-0.15, -0.1) is 193 Å². The van der Waals surface area contributed by atoms with Gasteiger partial charge in [-0.2, -0.15) is 107 Å². The van der Waals surface area contributed by atoms with Crippen LogP contribution in [0.5, 0.6) is 0 Å². The molecule has 0 aliphatic carbocycles. The van der Waals surface area contributed by atoms with Gasteiger partial charge in [0, 0.05) is 130 Å². The van der Waals surface area contributed by atoms with Gasteiger partial charge in [0.1, 0.15) is 0 Å². The number of benzene rings is 11. The van der Waals surface area contributed by atoms with Crippen molar-refractivity contribution in [2.75, 3.05) is 6.52 Å². The van der Waals surface area contributed by atoms with Crippen LogP contribution in [0.4, 0.5) is 0 Å². The molecule has 0 saturated carbocycles. The number of aromatic nitrogens is 5. The summed E-state index contributed by atoms with van der Waals surface area (Å²) in [6.07, 6.45) is 13.3. The predicted octanol–water partition coefficient (Wildman–Crippen LogP) is 32.1. The summed E-state index contributed by atoms with van der Waals surface area (Å²) in [6, 6.07) is 109. The molecule has 2 radical (unpaired) electrons. The summed E-state index contributed by atoms with van der Waals surface area (Å²) in [5.41, 5.74) is 9.71. The molecule has 4 atom stereocenters. The Morgan fingerprint density at radius 1 is 0.609 bits per heavy atom. The van der Waals surface area contributed by atoms with Gasteiger partial charge in [0.05, 0.1) is 15.1 Å². The number of fused-ring (bicyclic) bond motifs is 10. The first-order chi connectivity index (χ1) is 72.9. The van der Waals surface area contributed by atoms with Crippen molar-refractivity contribution >= 4 is 129 Å². The number of allylic oxidation sites excluding steroid dienone is 3. The van der Waals surface area contributed by atoms with Crippen molar-refractivity contribution in [3.63, 3.8) is 0 Å². The first kappa shape index (κ1) is 77.8. The summed E-state index contributed by atoms with van der Waals surface area (Å²) in [6.45, 7) is 14.0. The van der Waals surface area contributed by atoms with E-state index >= 15 is 0 Å². The molecule has 4 unspecified atom stereocenters. The normalized spacial score (nSPS) is 15.3. The van der Waals surface area contributed by atoms with Crippen molar-refractivity contribution in [1.82, 2.24) is 24.9 Å². The molecule has 8 nitrogen and oxygen atoms in total. The van der Waals surface area contributed by atoms with Gasteiger partial charge < -0.3 is 30.7 Å². The number of hydrogen-bond acceptors (Lipinski definition) is 10. The van der Waals surface area contributed by atoms with E-state index in [9.17, 15) is 5.41 Å². The van der Waals surface area contributed by atoms with E-state index < -0.39 is 27.6 Å². The Bertz CT molecular complexity index is 7800. The number of aryl methyl sites for hydroxylation is 1. The van der Waals surface area contributed by atoms with Gasteiger partial charge in [0.15, 0.2) is 0 Å². The first-order valence-corrected chi connectivity index (χ1v) is 43.6. The van der Waals surface area contributed by atoms with Crippen LogP contribution in [0.3, 0.4) is 0 Å². The van der Waals surface area contributed by atoms with Gasteiger partial charge in [-0.3, -0.25) is 22.3 Å². The molecule has 8 aromatic heterocycles. The second kappa shape index (κ2) is 59.1. The van der Waals surface area contributed by atoms with Crippen LogP contribution in [0.1, 0.15) is 118 Å². The third-order valence-corrected chi connectivity index (χ3v) is 23.8. The number of nitrogens with zero attached hydrogens (tertiary/aromatic N) is 8. The van der Waals surface area contributed by atoms with Crippen molar-refractivity contribution in [3.8, 4) is 22.5 Å². The summed E-state index contributed by atoms with van der Waals surface area (Å²) in [4.78, 5) is 25.1. The van der Waals surface area contributed by atoms with Crippen LogP contribution in [-0.4, -0.2) is 48.1 Å². The molecule has 2 aliphatic heterocycles. The van der Waals surface area contributed by atoms with Crippen LogP contribution in [-0.2, 0) is 80.4 Å². The van der Waals surface area contributed by atoms with Crippen molar-refractivity contribution in [1.29, 1.82) is 0 Å². The molecule has 0 fully saturated rings. The molecule has 2 aliphatic rings. The monoisotopic (exact) mass is 2540 g/mol. The molecule has 133 heavy (non-hydrogen) atoms. The van der Waals surface area contributed by atoms with E-state index in [1.807, 2.05) is 206 Å². The molecule has 672 valence electrons. The van der Waals surface area contributed by atoms with E-state index in [1.54, 1.807) is 102 Å². The van der Waals surface area contributed by atoms with Crippen LogP contribution in [0, 0.1) is 61.8 Å². The molecule has 19 aromatic rings. The molecule has 0 amide bonds. The third kappa shape index (κ3) is 32.6. The summed E-state index contributed by atoms with van der Waals surface area (Å²) >= 11 is 6.78. The molecule has 0 bridgehead atoms. The number of hydrogen-bond donors (Lipinski definition) is 0. The Labute approximate surface area is 888 Å². The Balaban J connectivity index is 0.000000237. The van der Waals surface area contributed by atoms with E-state index in [2.05, 4.69) is 140 Å². The van der Waals surface area contributed by atoms with Crippen molar-refractivity contribution in [2.45, 2.75) is 70.2 Å². The molecule has 0 N–H and O–H groups in total. The summed E-state index contributed by atoms with van der Waals surface area (Å²) in [5.74, 6) is -0.503. The Kier molecular flexibility index (Phi) is 34.5. The minimum absolute atomic E-state index is 0. The van der Waals surface area contributed by atoms with Gasteiger partial charge >= 0.3 is 40.2 Å². The smallest absolute Gasteiger partial charge is 0.859 e. The average molecular weight is 2540 g/mol. The fourth-order valence-corrected chi connectivity index (χ4v) is 17.4. The fraction of sp³-hybridized carbons (Fsp3) is 0.103. The quantitative estimate of drug-likeness (QED) is 0.0609. The average Bonchev–Trinajstić information content (AvgIpc) is 1.59. The second-order valence-corrected chi connectivity index (χ2v) is 32.2. The van der Waals surface area contributed by atoms with E-state index in [-0.39, 0.29) is 199 Å². The number of aliphatic imine (C=N–C) groups is 1. The standard InChI is InChI=1S/C17H10NS.C17H14NS.C17H13NS.C13H15N.C12H12N.C12H10N.C12H7S.C6H5.2C5H5N.CH4.4Ir/c1-2-9-15-13(6-1)17-12(7-5-10-16(17)19-15)14-8-3-4-11-18-14;1-3-15-17(12(2)14-9-6-7-11-18-14)13-8-4-5-10-16(13)19-15;1-3-11-18-12(2)13-8-6-10-16-17(13)14-7-4-5-9-15(14)19-16;1-10(2)11(3)9-13(14)12-7-5-4-6-8-12;2*1-10-7-8-12(13-9-10)11-5-3-2-4-6-11;1-3-7-11-9(5-1)10-6-2-4-8-12(10)13-11;3*1-2-4-6-5-3-1;;;;;/h1-6,8-11H;2-11,15,17H,1H2;3-7,9-10H,1-2,11H2;4-7,11H,1,9H2,2-3H3;2-5,9H,7-8H2,1H3;2-5,7-9H,1H3;1-3,5-8H;3*1-5H;1H4;;;;/q2*-1;2*-2;4*-1;;;;;;2*+3/i3D,4D,8D,11D;6D,7D,9D,11D;1D,2D,3D,11D;2D3;;1D3;;;1D,2D;;1D3;;;;. The number of rotatable bonds is 14. The zero-order valence-electron chi connectivity index (χ0n) is 94.8. The Morgan fingerprint density at radius 3 is 1.83 bits per heavy atom. The summed E-state index contributed by atoms with van der Waals surface area (Å²) < 4.78 is 175. The number of pyridine rings is 5. The second-order valence-electron chi connectivity index (χ2n) is 27.8.